The molecule has 0 atom stereocenters. The lowest BCUT2D eigenvalue weighted by Gasteiger charge is -2.14. The number of carbonyl (C=O) groups excluding carboxylic acids is 2. The van der Waals surface area contributed by atoms with E-state index >= 15 is 0 Å². The molecule has 1 amide bonds. The average Bonchev–Trinajstić information content (AvgIpc) is 3.45. The molecule has 0 aromatic carbocycles. The monoisotopic (exact) mass is 470 g/mol. The second-order valence-electron chi connectivity index (χ2n) is 7.29. The lowest BCUT2D eigenvalue weighted by molar-refractivity contribution is -0.116. The van der Waals surface area contributed by atoms with Gasteiger partial charge in [-0.15, -0.1) is 22.7 Å². The first-order valence-electron chi connectivity index (χ1n) is 10.0. The molecule has 0 unspecified atom stereocenters. The molecule has 0 saturated heterocycles. The molecule has 0 N–H and O–H groups in total. The van der Waals surface area contributed by atoms with Gasteiger partial charge in [0.05, 0.1) is 28.0 Å². The molecule has 0 aliphatic rings. The second kappa shape index (κ2) is 8.79. The summed E-state index contributed by atoms with van der Waals surface area (Å²) in [6.07, 6.45) is 0. The van der Waals surface area contributed by atoms with Crippen molar-refractivity contribution in [2.45, 2.75) is 41.2 Å². The first kappa shape index (κ1) is 22.1. The Morgan fingerprint density at radius 1 is 1.19 bits per heavy atom. The van der Waals surface area contributed by atoms with Crippen LogP contribution in [0.4, 0.5) is 5.13 Å². The topological polar surface area (TPSA) is 98.4 Å². The van der Waals surface area contributed by atoms with E-state index in [1.807, 2.05) is 26.8 Å². The number of anilines is 1. The molecule has 0 saturated carbocycles. The zero-order chi connectivity index (χ0) is 23.0. The number of ether oxygens (including phenoxy) is 1. The van der Waals surface area contributed by atoms with Crippen LogP contribution in [0.5, 0.6) is 0 Å². The molecule has 0 aliphatic heterocycles. The summed E-state index contributed by atoms with van der Waals surface area (Å²) < 4.78 is 10.9. The maximum Gasteiger partial charge on any atom is 0.339 e. The minimum absolute atomic E-state index is 0.00907. The maximum absolute atomic E-state index is 13.1. The molecule has 166 valence electrons. The Morgan fingerprint density at radius 3 is 2.62 bits per heavy atom. The summed E-state index contributed by atoms with van der Waals surface area (Å²) >= 11 is 3.00. The number of hydrogen-bond donors (Lipinski definition) is 0. The van der Waals surface area contributed by atoms with E-state index in [-0.39, 0.29) is 12.5 Å². The van der Waals surface area contributed by atoms with Crippen molar-refractivity contribution in [2.24, 2.45) is 0 Å². The fraction of sp³-hybridized carbons (Fsp3) is 0.318. The van der Waals surface area contributed by atoms with Crippen LogP contribution in [0, 0.1) is 20.8 Å². The first-order valence-corrected chi connectivity index (χ1v) is 11.7. The minimum Gasteiger partial charge on any atom is -0.456 e. The summed E-state index contributed by atoms with van der Waals surface area (Å²) in [6, 6.07) is 3.77. The van der Waals surface area contributed by atoms with Gasteiger partial charge in [0.15, 0.2) is 5.13 Å². The van der Waals surface area contributed by atoms with E-state index in [4.69, 9.17) is 9.26 Å². The molecule has 0 bridgehead atoms. The van der Waals surface area contributed by atoms with Gasteiger partial charge in [-0.25, -0.2) is 14.8 Å². The average molecular weight is 471 g/mol. The number of fused-ring (bicyclic) bond motifs is 1. The smallest absolute Gasteiger partial charge is 0.339 e. The molecule has 0 radical (unpaired) electrons. The van der Waals surface area contributed by atoms with Crippen molar-refractivity contribution in [1.29, 1.82) is 0 Å². The Kier molecular flexibility index (Phi) is 6.07. The maximum atomic E-state index is 13.1. The van der Waals surface area contributed by atoms with Crippen LogP contribution >= 0.6 is 22.7 Å². The zero-order valence-corrected chi connectivity index (χ0v) is 20.0. The highest BCUT2D eigenvalue weighted by molar-refractivity contribution is 7.14. The molecular formula is C22H22N4O4S2. The van der Waals surface area contributed by atoms with E-state index in [0.29, 0.717) is 45.4 Å². The van der Waals surface area contributed by atoms with E-state index in [1.165, 1.54) is 18.3 Å². The van der Waals surface area contributed by atoms with Crippen molar-refractivity contribution < 1.29 is 18.8 Å². The molecule has 4 rings (SSSR count). The summed E-state index contributed by atoms with van der Waals surface area (Å²) in [4.78, 5) is 37.6. The number of aryl methyl sites for hydroxylation is 3. The van der Waals surface area contributed by atoms with Gasteiger partial charge in [-0.1, -0.05) is 5.16 Å². The highest BCUT2D eigenvalue weighted by Gasteiger charge is 2.22. The number of rotatable bonds is 6. The molecule has 4 aromatic rings. The molecular weight excluding hydrogens is 448 g/mol. The molecule has 8 nitrogen and oxygen atoms in total. The number of esters is 1. The van der Waals surface area contributed by atoms with E-state index in [2.05, 4.69) is 15.1 Å². The molecule has 10 heteroatoms. The van der Waals surface area contributed by atoms with Crippen LogP contribution in [-0.4, -0.2) is 33.5 Å². The second-order valence-corrected chi connectivity index (χ2v) is 9.59. The minimum atomic E-state index is -0.511. The van der Waals surface area contributed by atoms with Crippen LogP contribution in [0.2, 0.25) is 0 Å². The number of nitrogens with zero attached hydrogens (tertiary/aromatic N) is 4. The van der Waals surface area contributed by atoms with E-state index in [1.54, 1.807) is 34.6 Å². The summed E-state index contributed by atoms with van der Waals surface area (Å²) in [6.45, 7) is 9.70. The molecule has 32 heavy (non-hydrogen) atoms. The number of amides is 1. The van der Waals surface area contributed by atoms with Gasteiger partial charge in [0.2, 0.25) is 5.91 Å². The molecule has 0 spiro atoms. The number of aromatic nitrogens is 3. The van der Waals surface area contributed by atoms with Crippen LogP contribution in [0.3, 0.4) is 0 Å². The fourth-order valence-electron chi connectivity index (χ4n) is 3.48. The molecule has 4 aromatic heterocycles. The number of thiazole rings is 1. The van der Waals surface area contributed by atoms with Crippen molar-refractivity contribution in [3.8, 4) is 11.3 Å². The van der Waals surface area contributed by atoms with Gasteiger partial charge in [0.25, 0.3) is 5.71 Å². The standard InChI is InChI=1S/C22H22N4O4S2/c1-6-26(14(5)27)22-23-15(10-31-22)9-29-21(28)17-8-18(16-7-11(2)32-13(16)4)24-20-19(17)12(3)25-30-20/h7-8,10H,6,9H2,1-5H3. The van der Waals surface area contributed by atoms with Gasteiger partial charge in [-0.3, -0.25) is 9.69 Å². The van der Waals surface area contributed by atoms with Crippen molar-refractivity contribution in [3.05, 3.63) is 44.2 Å². The lowest BCUT2D eigenvalue weighted by Crippen LogP contribution is -2.27. The Balaban J connectivity index is 1.62. The van der Waals surface area contributed by atoms with Crippen molar-refractivity contribution in [2.75, 3.05) is 11.4 Å². The summed E-state index contributed by atoms with van der Waals surface area (Å²) in [7, 11) is 0. The van der Waals surface area contributed by atoms with Gasteiger partial charge in [-0.2, -0.15) is 0 Å². The van der Waals surface area contributed by atoms with Crippen LogP contribution in [-0.2, 0) is 16.1 Å². The zero-order valence-electron chi connectivity index (χ0n) is 18.4. The summed E-state index contributed by atoms with van der Waals surface area (Å²) in [5, 5.41) is 6.88. The van der Waals surface area contributed by atoms with Crippen LogP contribution in [0.25, 0.3) is 22.4 Å². The number of carbonyl (C=O) groups is 2. The number of thiophene rings is 1. The lowest BCUT2D eigenvalue weighted by atomic mass is 10.1. The highest BCUT2D eigenvalue weighted by Crippen LogP contribution is 2.33. The predicted octanol–water partition coefficient (Wildman–Crippen LogP) is 5.06. The molecule has 0 aliphatic carbocycles. The predicted molar refractivity (Wildman–Crippen MR) is 124 cm³/mol. The summed E-state index contributed by atoms with van der Waals surface area (Å²) in [5.74, 6) is -0.595. The normalized spacial score (nSPS) is 11.2. The van der Waals surface area contributed by atoms with E-state index in [0.717, 1.165) is 15.3 Å². The van der Waals surface area contributed by atoms with Gasteiger partial charge >= 0.3 is 5.97 Å². The largest absolute Gasteiger partial charge is 0.456 e. The molecule has 4 heterocycles. The SMILES string of the molecule is CCN(C(C)=O)c1nc(COC(=O)c2cc(-c3cc(C)sc3C)nc3onc(C)c23)cs1. The van der Waals surface area contributed by atoms with Crippen molar-refractivity contribution in [1.82, 2.24) is 15.1 Å². The van der Waals surface area contributed by atoms with Crippen molar-refractivity contribution in [3.63, 3.8) is 0 Å². The third kappa shape index (κ3) is 4.15. The van der Waals surface area contributed by atoms with Crippen LogP contribution < -0.4 is 4.90 Å². The Hall–Kier alpha value is -3.11. The van der Waals surface area contributed by atoms with E-state index in [9.17, 15) is 9.59 Å². The highest BCUT2D eigenvalue weighted by atomic mass is 32.1. The van der Waals surface area contributed by atoms with Crippen LogP contribution in [0.1, 0.15) is 45.3 Å². The van der Waals surface area contributed by atoms with Gasteiger partial charge < -0.3 is 9.26 Å². The number of hydrogen-bond acceptors (Lipinski definition) is 9. The third-order valence-electron chi connectivity index (χ3n) is 4.97. The third-order valence-corrected chi connectivity index (χ3v) is 6.85. The summed E-state index contributed by atoms with van der Waals surface area (Å²) in [5.41, 5.74) is 3.38. The molecule has 0 fully saturated rings. The van der Waals surface area contributed by atoms with Crippen LogP contribution in [0.15, 0.2) is 22.0 Å². The number of pyridine rings is 1. The Labute approximate surface area is 192 Å². The fourth-order valence-corrected chi connectivity index (χ4v) is 5.33. The Morgan fingerprint density at radius 2 is 1.97 bits per heavy atom. The quantitative estimate of drug-likeness (QED) is 0.363. The van der Waals surface area contributed by atoms with E-state index < -0.39 is 5.97 Å². The van der Waals surface area contributed by atoms with Crippen molar-refractivity contribution >= 4 is 50.8 Å². The Bertz CT molecular complexity index is 1320. The first-order chi connectivity index (χ1) is 15.3. The van der Waals surface area contributed by atoms with Gasteiger partial charge in [0.1, 0.15) is 6.61 Å². The van der Waals surface area contributed by atoms with Gasteiger partial charge in [-0.05, 0) is 39.8 Å². The van der Waals surface area contributed by atoms with Gasteiger partial charge in [0, 0.05) is 34.2 Å².